The van der Waals surface area contributed by atoms with Crippen molar-refractivity contribution in [3.05, 3.63) is 75.1 Å². The van der Waals surface area contributed by atoms with E-state index in [1.54, 1.807) is 28.8 Å². The zero-order valence-corrected chi connectivity index (χ0v) is 19.5. The van der Waals surface area contributed by atoms with E-state index < -0.39 is 0 Å². The molecule has 4 rings (SSSR count). The second kappa shape index (κ2) is 8.46. The highest BCUT2D eigenvalue weighted by atomic mass is 35.5. The highest BCUT2D eigenvalue weighted by molar-refractivity contribution is 7.15. The lowest BCUT2D eigenvalue weighted by atomic mass is 9.87. The molecule has 0 aliphatic heterocycles. The number of carbonyl (C=O) groups excluding carboxylic acids is 1. The number of anilines is 1. The van der Waals surface area contributed by atoms with E-state index in [4.69, 9.17) is 23.2 Å². The van der Waals surface area contributed by atoms with Gasteiger partial charge >= 0.3 is 0 Å². The molecule has 1 amide bonds. The van der Waals surface area contributed by atoms with E-state index in [9.17, 15) is 4.79 Å². The van der Waals surface area contributed by atoms with Gasteiger partial charge in [-0.1, -0.05) is 68.2 Å². The van der Waals surface area contributed by atoms with Gasteiger partial charge in [0, 0.05) is 22.0 Å². The number of hydrogen-bond donors (Lipinski definition) is 1. The maximum Gasteiger partial charge on any atom is 0.250 e. The van der Waals surface area contributed by atoms with Crippen molar-refractivity contribution < 1.29 is 4.79 Å². The number of aromatic nitrogens is 3. The summed E-state index contributed by atoms with van der Waals surface area (Å²) >= 11 is 13.8. The number of rotatable bonds is 4. The van der Waals surface area contributed by atoms with Crippen molar-refractivity contribution >= 4 is 57.4 Å². The van der Waals surface area contributed by atoms with Gasteiger partial charge in [-0.15, -0.1) is 16.4 Å². The van der Waals surface area contributed by atoms with Crippen molar-refractivity contribution in [2.45, 2.75) is 26.2 Å². The van der Waals surface area contributed by atoms with E-state index in [2.05, 4.69) is 48.3 Å². The van der Waals surface area contributed by atoms with Gasteiger partial charge in [-0.3, -0.25) is 10.1 Å². The molecule has 2 aromatic heterocycles. The third kappa shape index (κ3) is 4.82. The molecule has 0 saturated carbocycles. The number of halogens is 2. The van der Waals surface area contributed by atoms with Crippen molar-refractivity contribution in [2.24, 2.45) is 0 Å². The lowest BCUT2D eigenvalue weighted by Gasteiger charge is -2.18. The minimum absolute atomic E-state index is 0.0907. The van der Waals surface area contributed by atoms with Gasteiger partial charge in [0.15, 0.2) is 0 Å². The Labute approximate surface area is 194 Å². The maximum atomic E-state index is 12.3. The van der Waals surface area contributed by atoms with Crippen LogP contribution in [0.25, 0.3) is 22.3 Å². The van der Waals surface area contributed by atoms with E-state index in [0.29, 0.717) is 15.0 Å². The molecular weight excluding hydrogens is 451 g/mol. The number of amides is 1. The molecule has 0 bridgehead atoms. The number of nitrogens with zero attached hydrogens (tertiary/aromatic N) is 3. The van der Waals surface area contributed by atoms with Crippen molar-refractivity contribution in [3.8, 4) is 11.3 Å². The Kier molecular flexibility index (Phi) is 5.88. The van der Waals surface area contributed by atoms with Crippen LogP contribution in [0.4, 0.5) is 5.95 Å². The topological polar surface area (TPSA) is 59.3 Å². The average Bonchev–Trinajstić information content (AvgIpc) is 3.28. The summed E-state index contributed by atoms with van der Waals surface area (Å²) in [6, 6.07) is 13.4. The van der Waals surface area contributed by atoms with E-state index in [0.717, 1.165) is 16.8 Å². The van der Waals surface area contributed by atoms with Crippen molar-refractivity contribution in [1.29, 1.82) is 0 Å². The van der Waals surface area contributed by atoms with Gasteiger partial charge < -0.3 is 0 Å². The molecule has 158 valence electrons. The molecule has 1 N–H and O–H groups in total. The molecular formula is C23H20Cl2N4OS. The summed E-state index contributed by atoms with van der Waals surface area (Å²) in [7, 11) is 0. The van der Waals surface area contributed by atoms with Crippen LogP contribution >= 0.6 is 34.5 Å². The molecule has 0 unspecified atom stereocenters. The first-order chi connectivity index (χ1) is 14.7. The highest BCUT2D eigenvalue weighted by Gasteiger charge is 2.15. The summed E-state index contributed by atoms with van der Waals surface area (Å²) in [4.78, 5) is 17.4. The Hall–Kier alpha value is -2.67. The monoisotopic (exact) mass is 470 g/mol. The Balaban J connectivity index is 1.50. The van der Waals surface area contributed by atoms with Crippen molar-refractivity contribution in [2.75, 3.05) is 5.32 Å². The lowest BCUT2D eigenvalue weighted by Crippen LogP contribution is -2.10. The van der Waals surface area contributed by atoms with Crippen LogP contribution in [-0.4, -0.2) is 20.5 Å². The molecule has 0 aliphatic rings. The maximum absolute atomic E-state index is 12.3. The Morgan fingerprint density at radius 1 is 1.13 bits per heavy atom. The number of thiazole rings is 1. The van der Waals surface area contributed by atoms with Crippen LogP contribution in [0.3, 0.4) is 0 Å². The summed E-state index contributed by atoms with van der Waals surface area (Å²) in [6.07, 6.45) is 3.23. The van der Waals surface area contributed by atoms with Gasteiger partial charge in [0.2, 0.25) is 4.96 Å². The summed E-state index contributed by atoms with van der Waals surface area (Å²) in [5.74, 6) is -0.0792. The first-order valence-corrected chi connectivity index (χ1v) is 11.2. The zero-order chi connectivity index (χ0) is 22.2. The van der Waals surface area contributed by atoms with Crippen LogP contribution in [0.2, 0.25) is 10.0 Å². The van der Waals surface area contributed by atoms with Crippen LogP contribution in [0.15, 0.2) is 53.9 Å². The van der Waals surface area contributed by atoms with Gasteiger partial charge in [0.1, 0.15) is 0 Å². The van der Waals surface area contributed by atoms with Gasteiger partial charge in [0.05, 0.1) is 10.7 Å². The summed E-state index contributed by atoms with van der Waals surface area (Å²) in [6.45, 7) is 6.50. The van der Waals surface area contributed by atoms with Crippen molar-refractivity contribution in [1.82, 2.24) is 14.6 Å². The van der Waals surface area contributed by atoms with E-state index in [-0.39, 0.29) is 17.3 Å². The molecule has 0 saturated heterocycles. The fourth-order valence-corrected chi connectivity index (χ4v) is 4.24. The number of fused-ring (bicyclic) bond motifs is 1. The lowest BCUT2D eigenvalue weighted by molar-refractivity contribution is -0.111. The molecule has 0 spiro atoms. The van der Waals surface area contributed by atoms with Gasteiger partial charge in [-0.25, -0.2) is 4.52 Å². The molecule has 8 heteroatoms. The SMILES string of the molecule is CC(C)(C)c1ccc(/C=C/C(=O)Nc2nc3scc(-c4cc(Cl)ccc4Cl)n3n2)cc1. The Morgan fingerprint density at radius 3 is 2.58 bits per heavy atom. The molecule has 0 radical (unpaired) electrons. The van der Waals surface area contributed by atoms with Crippen LogP contribution in [0.1, 0.15) is 31.9 Å². The quantitative estimate of drug-likeness (QED) is 0.337. The molecule has 4 aromatic rings. The first-order valence-electron chi connectivity index (χ1n) is 9.60. The number of nitrogens with one attached hydrogen (secondary N) is 1. The summed E-state index contributed by atoms with van der Waals surface area (Å²) in [5.41, 5.74) is 3.79. The molecule has 0 aliphatic carbocycles. The van der Waals surface area contributed by atoms with Crippen LogP contribution in [-0.2, 0) is 10.2 Å². The zero-order valence-electron chi connectivity index (χ0n) is 17.2. The third-order valence-electron chi connectivity index (χ3n) is 4.72. The van der Waals surface area contributed by atoms with Crippen molar-refractivity contribution in [3.63, 3.8) is 0 Å². The van der Waals surface area contributed by atoms with Gasteiger partial charge in [-0.05, 0) is 40.8 Å². The molecule has 5 nitrogen and oxygen atoms in total. The number of hydrogen-bond acceptors (Lipinski definition) is 4. The Morgan fingerprint density at radius 2 is 1.87 bits per heavy atom. The fourth-order valence-electron chi connectivity index (χ4n) is 3.03. The van der Waals surface area contributed by atoms with Crippen LogP contribution < -0.4 is 5.32 Å². The van der Waals surface area contributed by atoms with Gasteiger partial charge in [0.25, 0.3) is 11.9 Å². The highest BCUT2D eigenvalue weighted by Crippen LogP contribution is 2.33. The predicted molar refractivity (Wildman–Crippen MR) is 129 cm³/mol. The third-order valence-corrected chi connectivity index (χ3v) is 6.11. The largest absolute Gasteiger partial charge is 0.290 e. The van der Waals surface area contributed by atoms with Gasteiger partial charge in [-0.2, -0.15) is 4.98 Å². The molecule has 2 aromatic carbocycles. The average molecular weight is 471 g/mol. The first kappa shape index (κ1) is 21.6. The van der Waals surface area contributed by atoms with E-state index >= 15 is 0 Å². The summed E-state index contributed by atoms with van der Waals surface area (Å²) < 4.78 is 1.65. The fraction of sp³-hybridized carbons (Fsp3) is 0.174. The number of carbonyl (C=O) groups is 1. The standard InChI is InChI=1S/C23H20Cl2N4OS/c1-23(2,3)15-7-4-14(5-8-15)6-11-20(30)26-21-27-22-29(28-21)19(13-31-22)17-12-16(24)9-10-18(17)25/h4-13H,1-3H3,(H,26,28,30)/b11-6+. The Bertz CT molecular complexity index is 1280. The molecule has 31 heavy (non-hydrogen) atoms. The van der Waals surface area contributed by atoms with E-state index in [1.807, 2.05) is 17.5 Å². The van der Waals surface area contributed by atoms with E-state index in [1.165, 1.54) is 23.0 Å². The summed E-state index contributed by atoms with van der Waals surface area (Å²) in [5, 5.41) is 10.1. The normalized spacial score (nSPS) is 12.0. The molecule has 0 fully saturated rings. The van der Waals surface area contributed by atoms with Crippen LogP contribution in [0, 0.1) is 0 Å². The molecule has 0 atom stereocenters. The predicted octanol–water partition coefficient (Wildman–Crippen LogP) is 6.71. The molecule has 2 heterocycles. The minimum Gasteiger partial charge on any atom is -0.290 e. The number of benzene rings is 2. The minimum atomic E-state index is -0.305. The second-order valence-electron chi connectivity index (χ2n) is 8.07. The van der Waals surface area contributed by atoms with Crippen LogP contribution in [0.5, 0.6) is 0 Å². The smallest absolute Gasteiger partial charge is 0.250 e. The second-order valence-corrected chi connectivity index (χ2v) is 9.75.